The molecular formula is C16H32N6O2. The Hall–Kier alpha value is -1.54. The van der Waals surface area contributed by atoms with Crippen LogP contribution >= 0.6 is 0 Å². The monoisotopic (exact) mass is 340 g/mol. The van der Waals surface area contributed by atoms with Gasteiger partial charge in [-0.25, -0.2) is 0 Å². The molecule has 2 rings (SSSR count). The van der Waals surface area contributed by atoms with Gasteiger partial charge in [0.05, 0.1) is 26.4 Å². The summed E-state index contributed by atoms with van der Waals surface area (Å²) in [7, 11) is 0. The fourth-order valence-corrected chi connectivity index (χ4v) is 2.42. The molecule has 0 fully saturated rings. The molecule has 0 saturated heterocycles. The average Bonchev–Trinajstić information content (AvgIpc) is 3.01. The third-order valence-corrected chi connectivity index (χ3v) is 3.74. The Labute approximate surface area is 144 Å². The zero-order valence-electron chi connectivity index (χ0n) is 14.6. The van der Waals surface area contributed by atoms with Crippen molar-refractivity contribution in [1.82, 2.24) is 21.3 Å². The van der Waals surface area contributed by atoms with Gasteiger partial charge in [0.1, 0.15) is 0 Å². The van der Waals surface area contributed by atoms with Crippen LogP contribution in [0.5, 0.6) is 0 Å². The molecule has 0 amide bonds. The molecule has 0 aromatic heterocycles. The number of hydrogen-bond donors (Lipinski definition) is 4. The van der Waals surface area contributed by atoms with Crippen molar-refractivity contribution in [3.8, 4) is 0 Å². The predicted octanol–water partition coefficient (Wildman–Crippen LogP) is -0.322. The molecule has 0 atom stereocenters. The number of nitrogens with one attached hydrogen (secondary N) is 4. The summed E-state index contributed by atoms with van der Waals surface area (Å²) in [5.41, 5.74) is 0. The van der Waals surface area contributed by atoms with Crippen LogP contribution in [-0.4, -0.2) is 77.6 Å². The van der Waals surface area contributed by atoms with Crippen molar-refractivity contribution in [2.45, 2.75) is 25.7 Å². The highest BCUT2D eigenvalue weighted by atomic mass is 16.5. The van der Waals surface area contributed by atoms with Crippen LogP contribution < -0.4 is 21.3 Å². The molecule has 4 N–H and O–H groups in total. The first-order valence-corrected chi connectivity index (χ1v) is 9.15. The summed E-state index contributed by atoms with van der Waals surface area (Å²) in [6.07, 6.45) is 4.68. The third-order valence-electron chi connectivity index (χ3n) is 3.74. The molecule has 0 aromatic rings. The van der Waals surface area contributed by atoms with E-state index in [4.69, 9.17) is 9.47 Å². The topological polar surface area (TPSA) is 91.3 Å². The van der Waals surface area contributed by atoms with E-state index >= 15 is 0 Å². The molecule has 8 heteroatoms. The third kappa shape index (κ3) is 8.93. The maximum absolute atomic E-state index is 5.54. The maximum Gasteiger partial charge on any atom is 0.191 e. The van der Waals surface area contributed by atoms with Crippen LogP contribution in [0.3, 0.4) is 0 Å². The second-order valence-electron chi connectivity index (χ2n) is 5.81. The first-order chi connectivity index (χ1) is 11.9. The molecule has 2 aliphatic heterocycles. The molecule has 0 saturated carbocycles. The fraction of sp³-hybridized carbons (Fsp3) is 0.875. The molecule has 0 aromatic carbocycles. The van der Waals surface area contributed by atoms with Gasteiger partial charge in [-0.15, -0.1) is 0 Å². The lowest BCUT2D eigenvalue weighted by Gasteiger charge is -2.11. The van der Waals surface area contributed by atoms with Gasteiger partial charge in [0, 0.05) is 39.3 Å². The van der Waals surface area contributed by atoms with Crippen molar-refractivity contribution in [2.75, 3.05) is 65.7 Å². The first-order valence-electron chi connectivity index (χ1n) is 9.15. The van der Waals surface area contributed by atoms with E-state index in [0.29, 0.717) is 26.4 Å². The van der Waals surface area contributed by atoms with Gasteiger partial charge in [-0.3, -0.25) is 9.98 Å². The molecule has 0 radical (unpaired) electrons. The Morgan fingerprint density at radius 3 is 1.71 bits per heavy atom. The van der Waals surface area contributed by atoms with E-state index in [1.807, 2.05) is 0 Å². The van der Waals surface area contributed by atoms with Crippen molar-refractivity contribution in [1.29, 1.82) is 0 Å². The maximum atomic E-state index is 5.54. The standard InChI is InChI=1S/C16H32N6O2/c1-2-6-18-15(17-5-1)21-9-11-23-13-14-24-12-10-22-16-19-7-3-4-8-20-16/h1-14H2,(H2,17,18,21)(H2,19,20,22). The summed E-state index contributed by atoms with van der Waals surface area (Å²) in [5, 5.41) is 13.1. The van der Waals surface area contributed by atoms with Crippen LogP contribution in [0.2, 0.25) is 0 Å². The summed E-state index contributed by atoms with van der Waals surface area (Å²) in [5.74, 6) is 1.79. The summed E-state index contributed by atoms with van der Waals surface area (Å²) in [6.45, 7) is 7.86. The lowest BCUT2D eigenvalue weighted by molar-refractivity contribution is 0.0518. The Kier molecular flexibility index (Phi) is 10.0. The number of rotatable bonds is 9. The minimum Gasteiger partial charge on any atom is -0.377 e. The van der Waals surface area contributed by atoms with Crippen LogP contribution in [0.25, 0.3) is 0 Å². The lowest BCUT2D eigenvalue weighted by Crippen LogP contribution is -2.39. The quantitative estimate of drug-likeness (QED) is 0.430. The van der Waals surface area contributed by atoms with Crippen LogP contribution in [0.4, 0.5) is 0 Å². The molecule has 138 valence electrons. The fourth-order valence-electron chi connectivity index (χ4n) is 2.42. The van der Waals surface area contributed by atoms with Crippen LogP contribution in [0, 0.1) is 0 Å². The number of ether oxygens (including phenoxy) is 2. The lowest BCUT2D eigenvalue weighted by atomic mass is 10.3. The van der Waals surface area contributed by atoms with E-state index < -0.39 is 0 Å². The zero-order valence-corrected chi connectivity index (χ0v) is 14.6. The Morgan fingerprint density at radius 2 is 1.21 bits per heavy atom. The molecule has 0 aliphatic carbocycles. The van der Waals surface area contributed by atoms with Crippen molar-refractivity contribution >= 4 is 11.9 Å². The molecule has 2 heterocycles. The highest BCUT2D eigenvalue weighted by Gasteiger charge is 2.02. The molecule has 0 bridgehead atoms. The van der Waals surface area contributed by atoms with E-state index in [0.717, 1.165) is 64.0 Å². The van der Waals surface area contributed by atoms with E-state index in [-0.39, 0.29) is 0 Å². The Bertz CT molecular complexity index is 353. The van der Waals surface area contributed by atoms with Gasteiger partial charge in [-0.05, 0) is 25.7 Å². The largest absolute Gasteiger partial charge is 0.377 e. The molecule has 24 heavy (non-hydrogen) atoms. The van der Waals surface area contributed by atoms with Gasteiger partial charge in [-0.1, -0.05) is 0 Å². The second-order valence-corrected chi connectivity index (χ2v) is 5.81. The first kappa shape index (κ1) is 18.8. The van der Waals surface area contributed by atoms with Gasteiger partial charge >= 0.3 is 0 Å². The summed E-state index contributed by atoms with van der Waals surface area (Å²) >= 11 is 0. The summed E-state index contributed by atoms with van der Waals surface area (Å²) < 4.78 is 11.1. The Morgan fingerprint density at radius 1 is 0.708 bits per heavy atom. The van der Waals surface area contributed by atoms with Crippen molar-refractivity contribution in [3.63, 3.8) is 0 Å². The minimum absolute atomic E-state index is 0.612. The van der Waals surface area contributed by atoms with Gasteiger partial charge < -0.3 is 30.7 Å². The average molecular weight is 340 g/mol. The molecule has 0 unspecified atom stereocenters. The summed E-state index contributed by atoms with van der Waals surface area (Å²) in [4.78, 5) is 8.86. The van der Waals surface area contributed by atoms with E-state index in [9.17, 15) is 0 Å². The number of nitrogens with zero attached hydrogens (tertiary/aromatic N) is 2. The highest BCUT2D eigenvalue weighted by Crippen LogP contribution is 1.93. The smallest absolute Gasteiger partial charge is 0.191 e. The van der Waals surface area contributed by atoms with E-state index in [2.05, 4.69) is 31.3 Å². The molecule has 0 spiro atoms. The highest BCUT2D eigenvalue weighted by molar-refractivity contribution is 5.80. The molecule has 2 aliphatic rings. The van der Waals surface area contributed by atoms with Gasteiger partial charge in [0.2, 0.25) is 0 Å². The van der Waals surface area contributed by atoms with Gasteiger partial charge in [0.15, 0.2) is 11.9 Å². The van der Waals surface area contributed by atoms with Crippen LogP contribution in [0.15, 0.2) is 9.98 Å². The minimum atomic E-state index is 0.612. The van der Waals surface area contributed by atoms with E-state index in [1.54, 1.807) is 0 Å². The van der Waals surface area contributed by atoms with Crippen LogP contribution in [-0.2, 0) is 9.47 Å². The van der Waals surface area contributed by atoms with E-state index in [1.165, 1.54) is 12.8 Å². The van der Waals surface area contributed by atoms with Crippen molar-refractivity contribution in [3.05, 3.63) is 0 Å². The molecule has 8 nitrogen and oxygen atoms in total. The van der Waals surface area contributed by atoms with Gasteiger partial charge in [-0.2, -0.15) is 0 Å². The predicted molar refractivity (Wildman–Crippen MR) is 96.7 cm³/mol. The Balaban J connectivity index is 1.35. The van der Waals surface area contributed by atoms with Crippen LogP contribution in [0.1, 0.15) is 25.7 Å². The molecular weight excluding hydrogens is 308 g/mol. The number of hydrogen-bond acceptors (Lipinski definition) is 8. The van der Waals surface area contributed by atoms with Gasteiger partial charge in [0.25, 0.3) is 0 Å². The zero-order chi connectivity index (χ0) is 16.7. The number of guanidine groups is 2. The second kappa shape index (κ2) is 12.8. The normalized spacial score (nSPS) is 18.3. The van der Waals surface area contributed by atoms with Crippen molar-refractivity contribution in [2.24, 2.45) is 9.98 Å². The SMILES string of the molecule is C1CCNC(NCCOCCOCCNC2=NCCCCN2)=NC1. The summed E-state index contributed by atoms with van der Waals surface area (Å²) in [6, 6.07) is 0. The van der Waals surface area contributed by atoms with Crippen molar-refractivity contribution < 1.29 is 9.47 Å². The number of aliphatic imine (C=N–C) groups is 2.